The van der Waals surface area contributed by atoms with Gasteiger partial charge >= 0.3 is 6.09 Å². The molecule has 0 saturated carbocycles. The molecule has 2 aliphatic heterocycles. The SMILES string of the molecule is COc1cccc(F)c1-c1nc2c(cc1F)c1c(c(=O)n2-c2c(C)ccnc2C(C)C)NC(=O)[C@H]2CN(C(=O)OC(C)(C)C)[C@H](C)CN12. The molecule has 2 amide bonds. The van der Waals surface area contributed by atoms with Crippen molar-refractivity contribution < 1.29 is 27.8 Å². The molecule has 1 N–H and O–H groups in total. The Morgan fingerprint density at radius 3 is 2.48 bits per heavy atom. The van der Waals surface area contributed by atoms with Crippen LogP contribution in [0.5, 0.6) is 5.75 Å². The van der Waals surface area contributed by atoms with Gasteiger partial charge in [-0.15, -0.1) is 0 Å². The van der Waals surface area contributed by atoms with Crippen molar-refractivity contribution in [1.29, 1.82) is 0 Å². The molecular weight excluding hydrogens is 622 g/mol. The predicted molar refractivity (Wildman–Crippen MR) is 178 cm³/mol. The van der Waals surface area contributed by atoms with Crippen molar-refractivity contribution in [3.8, 4) is 22.7 Å². The van der Waals surface area contributed by atoms with E-state index in [2.05, 4.69) is 15.3 Å². The fourth-order valence-corrected chi connectivity index (χ4v) is 6.48. The Morgan fingerprint density at radius 1 is 1.08 bits per heavy atom. The standard InChI is InChI=1S/C35H38F2N6O5/c1-17(2)26-29(18(3)12-13-38-26)43-31-20(14-22(37)27(39-31)25-21(36)10-9-11-24(25)47-8)30-28(33(43)45)40-32(44)23-16-41(19(4)15-42(23)30)34(46)48-35(5,6)7/h9-14,17,19,23H,15-16H2,1-8H3,(H,40,44)/t19-,23-/m1/s1. The lowest BCUT2D eigenvalue weighted by Crippen LogP contribution is -2.65. The minimum atomic E-state index is -0.916. The summed E-state index contributed by atoms with van der Waals surface area (Å²) in [6.45, 7) is 12.9. The number of carbonyl (C=O) groups is 2. The van der Waals surface area contributed by atoms with Crippen LogP contribution in [-0.4, -0.2) is 69.3 Å². The predicted octanol–water partition coefficient (Wildman–Crippen LogP) is 5.93. The number of aryl methyl sites for hydroxylation is 1. The third-order valence-corrected chi connectivity index (χ3v) is 8.64. The van der Waals surface area contributed by atoms with Crippen molar-refractivity contribution in [2.45, 2.75) is 72.1 Å². The van der Waals surface area contributed by atoms with E-state index in [1.54, 1.807) is 37.9 Å². The number of amides is 2. The molecule has 4 aromatic rings. The van der Waals surface area contributed by atoms with Crippen molar-refractivity contribution in [2.75, 3.05) is 30.4 Å². The zero-order chi connectivity index (χ0) is 34.8. The number of benzene rings is 1. The highest BCUT2D eigenvalue weighted by molar-refractivity contribution is 6.10. The minimum Gasteiger partial charge on any atom is -0.496 e. The molecule has 0 spiro atoms. The molecule has 1 aromatic carbocycles. The van der Waals surface area contributed by atoms with Crippen molar-refractivity contribution in [3.63, 3.8) is 0 Å². The van der Waals surface area contributed by atoms with Crippen LogP contribution in [0.4, 0.5) is 25.0 Å². The van der Waals surface area contributed by atoms with Crippen LogP contribution in [0.2, 0.25) is 0 Å². The van der Waals surface area contributed by atoms with Crippen LogP contribution in [0.15, 0.2) is 41.3 Å². The number of pyridine rings is 3. The number of carbonyl (C=O) groups excluding carboxylic acids is 2. The fourth-order valence-electron chi connectivity index (χ4n) is 6.48. The molecule has 0 aliphatic carbocycles. The number of halogens is 2. The van der Waals surface area contributed by atoms with Gasteiger partial charge in [-0.3, -0.25) is 19.1 Å². The van der Waals surface area contributed by atoms with E-state index >= 15 is 8.78 Å². The molecule has 13 heteroatoms. The summed E-state index contributed by atoms with van der Waals surface area (Å²) in [5, 5.41) is 2.98. The monoisotopic (exact) mass is 660 g/mol. The first-order valence-corrected chi connectivity index (χ1v) is 15.8. The summed E-state index contributed by atoms with van der Waals surface area (Å²) < 4.78 is 44.0. The van der Waals surface area contributed by atoms with Gasteiger partial charge in [-0.05, 0) is 70.4 Å². The Bertz CT molecular complexity index is 2040. The van der Waals surface area contributed by atoms with Crippen LogP contribution >= 0.6 is 0 Å². The van der Waals surface area contributed by atoms with E-state index in [4.69, 9.17) is 9.47 Å². The first-order valence-electron chi connectivity index (χ1n) is 15.8. The summed E-state index contributed by atoms with van der Waals surface area (Å²) in [4.78, 5) is 54.0. The van der Waals surface area contributed by atoms with E-state index in [1.807, 2.05) is 27.7 Å². The van der Waals surface area contributed by atoms with Crippen LogP contribution in [0, 0.1) is 18.6 Å². The van der Waals surface area contributed by atoms with Crippen molar-refractivity contribution in [1.82, 2.24) is 19.4 Å². The molecule has 1 saturated heterocycles. The molecule has 0 unspecified atom stereocenters. The van der Waals surface area contributed by atoms with Gasteiger partial charge in [-0.1, -0.05) is 19.9 Å². The number of rotatable bonds is 4. The van der Waals surface area contributed by atoms with Gasteiger partial charge in [-0.25, -0.2) is 18.6 Å². The molecule has 252 valence electrons. The Morgan fingerprint density at radius 2 is 1.81 bits per heavy atom. The number of nitrogens with one attached hydrogen (secondary N) is 1. The van der Waals surface area contributed by atoms with Gasteiger partial charge in [0, 0.05) is 24.2 Å². The summed E-state index contributed by atoms with van der Waals surface area (Å²) in [6, 6.07) is 5.71. The summed E-state index contributed by atoms with van der Waals surface area (Å²) in [5.74, 6) is -2.19. The molecular formula is C35H38F2N6O5. The van der Waals surface area contributed by atoms with Gasteiger partial charge in [0.25, 0.3) is 5.56 Å². The van der Waals surface area contributed by atoms with Crippen LogP contribution in [0.1, 0.15) is 58.7 Å². The lowest BCUT2D eigenvalue weighted by atomic mass is 9.99. The maximum atomic E-state index is 16.3. The van der Waals surface area contributed by atoms with Crippen molar-refractivity contribution in [2.24, 2.45) is 0 Å². The van der Waals surface area contributed by atoms with E-state index in [0.717, 1.165) is 0 Å². The largest absolute Gasteiger partial charge is 0.496 e. The van der Waals surface area contributed by atoms with Crippen molar-refractivity contribution in [3.05, 3.63) is 69.8 Å². The number of hydrogen-bond acceptors (Lipinski definition) is 8. The lowest BCUT2D eigenvalue weighted by molar-refractivity contribution is -0.118. The van der Waals surface area contributed by atoms with E-state index in [9.17, 15) is 14.4 Å². The number of anilines is 2. The number of piperazine rings is 1. The van der Waals surface area contributed by atoms with Gasteiger partial charge < -0.3 is 24.6 Å². The lowest BCUT2D eigenvalue weighted by Gasteiger charge is -2.48. The fraction of sp³-hybridized carbons (Fsp3) is 0.400. The molecule has 6 rings (SSSR count). The number of ether oxygens (including phenoxy) is 2. The number of methoxy groups -OCH3 is 1. The zero-order valence-electron chi connectivity index (χ0n) is 28.1. The van der Waals surface area contributed by atoms with Gasteiger partial charge in [0.15, 0.2) is 11.5 Å². The van der Waals surface area contributed by atoms with Gasteiger partial charge in [0.2, 0.25) is 5.91 Å². The summed E-state index contributed by atoms with van der Waals surface area (Å²) in [7, 11) is 1.35. The first kappa shape index (κ1) is 32.9. The number of fused-ring (bicyclic) bond motifs is 5. The molecule has 5 heterocycles. The van der Waals surface area contributed by atoms with Crippen LogP contribution in [0.3, 0.4) is 0 Å². The third-order valence-electron chi connectivity index (χ3n) is 8.64. The molecule has 1 fully saturated rings. The van der Waals surface area contributed by atoms with Crippen LogP contribution in [-0.2, 0) is 9.53 Å². The van der Waals surface area contributed by atoms with Crippen LogP contribution in [0.25, 0.3) is 28.0 Å². The highest BCUT2D eigenvalue weighted by Gasteiger charge is 2.45. The number of nitrogens with zero attached hydrogens (tertiary/aromatic N) is 5. The molecule has 48 heavy (non-hydrogen) atoms. The molecule has 0 radical (unpaired) electrons. The van der Waals surface area contributed by atoms with Gasteiger partial charge in [0.05, 0.1) is 36.3 Å². The summed E-state index contributed by atoms with van der Waals surface area (Å²) in [5.41, 5.74) is 0.0155. The number of hydrogen-bond donors (Lipinski definition) is 1. The molecule has 11 nitrogen and oxygen atoms in total. The second-order valence-corrected chi connectivity index (χ2v) is 13.5. The van der Waals surface area contributed by atoms with E-state index in [0.29, 0.717) is 16.9 Å². The van der Waals surface area contributed by atoms with Gasteiger partial charge in [0.1, 0.15) is 34.6 Å². The molecule has 2 atom stereocenters. The maximum Gasteiger partial charge on any atom is 0.410 e. The first-order chi connectivity index (χ1) is 22.6. The maximum absolute atomic E-state index is 16.3. The smallest absolute Gasteiger partial charge is 0.410 e. The highest BCUT2D eigenvalue weighted by atomic mass is 19.1. The Kier molecular flexibility index (Phi) is 8.12. The Labute approximate surface area is 276 Å². The summed E-state index contributed by atoms with van der Waals surface area (Å²) in [6.07, 6.45) is 1.07. The Balaban J connectivity index is 1.66. The second kappa shape index (κ2) is 11.9. The van der Waals surface area contributed by atoms with E-state index in [1.165, 1.54) is 40.8 Å². The molecule has 3 aromatic heterocycles. The van der Waals surface area contributed by atoms with Crippen LogP contribution < -0.4 is 20.5 Å². The normalized spacial score (nSPS) is 17.7. The molecule has 0 bridgehead atoms. The average Bonchev–Trinajstić information content (AvgIpc) is 3.00. The number of aromatic nitrogens is 3. The third kappa shape index (κ3) is 5.40. The average molecular weight is 661 g/mol. The van der Waals surface area contributed by atoms with Crippen molar-refractivity contribution >= 4 is 34.4 Å². The van der Waals surface area contributed by atoms with E-state index < -0.39 is 46.9 Å². The zero-order valence-corrected chi connectivity index (χ0v) is 28.1. The minimum absolute atomic E-state index is 0.0361. The Hall–Kier alpha value is -5.07. The highest BCUT2D eigenvalue weighted by Crippen LogP contribution is 2.42. The summed E-state index contributed by atoms with van der Waals surface area (Å²) >= 11 is 0. The van der Waals surface area contributed by atoms with E-state index in [-0.39, 0.29) is 58.4 Å². The quantitative estimate of drug-likeness (QED) is 0.286. The van der Waals surface area contributed by atoms with Gasteiger partial charge in [-0.2, -0.15) is 0 Å². The molecule has 2 aliphatic rings. The second-order valence-electron chi connectivity index (χ2n) is 13.5. The topological polar surface area (TPSA) is 119 Å².